The minimum absolute atomic E-state index is 0.0302. The molecule has 1 saturated heterocycles. The summed E-state index contributed by atoms with van der Waals surface area (Å²) in [6.45, 7) is 3.97. The van der Waals surface area contributed by atoms with Crippen molar-refractivity contribution in [2.24, 2.45) is 0 Å². The van der Waals surface area contributed by atoms with Gasteiger partial charge >= 0.3 is 0 Å². The number of aromatic nitrogens is 2. The van der Waals surface area contributed by atoms with Crippen molar-refractivity contribution < 1.29 is 13.7 Å². The van der Waals surface area contributed by atoms with E-state index in [0.29, 0.717) is 30.4 Å². The summed E-state index contributed by atoms with van der Waals surface area (Å²) >= 11 is 0. The molecule has 0 radical (unpaired) electrons. The van der Waals surface area contributed by atoms with Gasteiger partial charge in [-0.05, 0) is 67.8 Å². The zero-order valence-electron chi connectivity index (χ0n) is 17.0. The number of nitrogens with zero attached hydrogens (tertiary/aromatic N) is 3. The quantitative estimate of drug-likeness (QED) is 0.660. The second-order valence-corrected chi connectivity index (χ2v) is 7.64. The Labute approximate surface area is 175 Å². The standard InChI is InChI=1S/C23H25FN4O2/c1-2-16-5-11-20(12-6-16)25-21(29)15-28-13-3-4-18(14-28)23-26-22(27-30-23)17-7-9-19(24)10-8-17/h5-12,18H,2-4,13-15H2,1H3,(H,25,29). The maximum atomic E-state index is 13.1. The van der Waals surface area contributed by atoms with E-state index in [1.807, 2.05) is 24.3 Å². The normalized spacial score (nSPS) is 17.1. The summed E-state index contributed by atoms with van der Waals surface area (Å²) in [6, 6.07) is 13.9. The highest BCUT2D eigenvalue weighted by Crippen LogP contribution is 2.27. The Morgan fingerprint density at radius 2 is 1.97 bits per heavy atom. The fourth-order valence-corrected chi connectivity index (χ4v) is 3.75. The zero-order chi connectivity index (χ0) is 20.9. The van der Waals surface area contributed by atoms with Crippen molar-refractivity contribution in [3.8, 4) is 11.4 Å². The lowest BCUT2D eigenvalue weighted by atomic mass is 9.98. The first kappa shape index (κ1) is 20.2. The topological polar surface area (TPSA) is 71.3 Å². The summed E-state index contributed by atoms with van der Waals surface area (Å²) in [6.07, 6.45) is 2.86. The SMILES string of the molecule is CCc1ccc(NC(=O)CN2CCCC(c3nc(-c4ccc(F)cc4)no3)C2)cc1. The minimum atomic E-state index is -0.301. The van der Waals surface area contributed by atoms with Gasteiger partial charge in [0.2, 0.25) is 17.6 Å². The number of benzene rings is 2. The van der Waals surface area contributed by atoms with Crippen LogP contribution >= 0.6 is 0 Å². The molecule has 7 heteroatoms. The van der Waals surface area contributed by atoms with Gasteiger partial charge in [-0.25, -0.2) is 4.39 Å². The van der Waals surface area contributed by atoms with E-state index in [9.17, 15) is 9.18 Å². The number of rotatable bonds is 6. The highest BCUT2D eigenvalue weighted by atomic mass is 19.1. The summed E-state index contributed by atoms with van der Waals surface area (Å²) in [7, 11) is 0. The number of carbonyl (C=O) groups excluding carboxylic acids is 1. The third-order valence-corrected chi connectivity index (χ3v) is 5.41. The van der Waals surface area contributed by atoms with E-state index in [-0.39, 0.29) is 17.6 Å². The van der Waals surface area contributed by atoms with Crippen LogP contribution < -0.4 is 5.32 Å². The van der Waals surface area contributed by atoms with Crippen molar-refractivity contribution >= 4 is 11.6 Å². The number of anilines is 1. The predicted molar refractivity (Wildman–Crippen MR) is 113 cm³/mol. The van der Waals surface area contributed by atoms with Gasteiger partial charge in [0.15, 0.2) is 0 Å². The van der Waals surface area contributed by atoms with E-state index in [4.69, 9.17) is 4.52 Å². The lowest BCUT2D eigenvalue weighted by molar-refractivity contribution is -0.117. The lowest BCUT2D eigenvalue weighted by Crippen LogP contribution is -2.39. The van der Waals surface area contributed by atoms with Gasteiger partial charge in [-0.1, -0.05) is 24.2 Å². The number of carbonyl (C=O) groups is 1. The molecule has 1 atom stereocenters. The van der Waals surface area contributed by atoms with Crippen molar-refractivity contribution in [2.75, 3.05) is 25.0 Å². The Kier molecular flexibility index (Phi) is 6.18. The molecule has 30 heavy (non-hydrogen) atoms. The van der Waals surface area contributed by atoms with Crippen molar-refractivity contribution in [1.82, 2.24) is 15.0 Å². The second-order valence-electron chi connectivity index (χ2n) is 7.64. The van der Waals surface area contributed by atoms with Gasteiger partial charge in [-0.3, -0.25) is 9.69 Å². The number of amides is 1. The molecule has 156 valence electrons. The molecule has 1 amide bonds. The number of halogens is 1. The van der Waals surface area contributed by atoms with Gasteiger partial charge in [-0.15, -0.1) is 0 Å². The Morgan fingerprint density at radius 1 is 1.20 bits per heavy atom. The highest BCUT2D eigenvalue weighted by molar-refractivity contribution is 5.92. The third-order valence-electron chi connectivity index (χ3n) is 5.41. The van der Waals surface area contributed by atoms with E-state index < -0.39 is 0 Å². The Balaban J connectivity index is 1.35. The van der Waals surface area contributed by atoms with Gasteiger partial charge in [0, 0.05) is 17.8 Å². The Bertz CT molecular complexity index is 985. The van der Waals surface area contributed by atoms with Crippen LogP contribution in [0, 0.1) is 5.82 Å². The van der Waals surface area contributed by atoms with Crippen LogP contribution in [0.5, 0.6) is 0 Å². The fourth-order valence-electron chi connectivity index (χ4n) is 3.75. The number of likely N-dealkylation sites (tertiary alicyclic amines) is 1. The van der Waals surface area contributed by atoms with E-state index in [0.717, 1.165) is 31.5 Å². The van der Waals surface area contributed by atoms with Gasteiger partial charge < -0.3 is 9.84 Å². The highest BCUT2D eigenvalue weighted by Gasteiger charge is 2.27. The molecule has 1 fully saturated rings. The van der Waals surface area contributed by atoms with Gasteiger partial charge in [0.1, 0.15) is 5.82 Å². The molecule has 1 unspecified atom stereocenters. The summed E-state index contributed by atoms with van der Waals surface area (Å²) in [5.74, 6) is 0.768. The first-order valence-corrected chi connectivity index (χ1v) is 10.3. The van der Waals surface area contributed by atoms with Crippen LogP contribution in [-0.4, -0.2) is 40.6 Å². The molecule has 0 aliphatic carbocycles. The third kappa shape index (κ3) is 4.91. The first-order valence-electron chi connectivity index (χ1n) is 10.3. The molecular weight excluding hydrogens is 383 g/mol. The number of piperidine rings is 1. The molecule has 0 spiro atoms. The molecule has 2 heterocycles. The number of nitrogens with one attached hydrogen (secondary N) is 1. The van der Waals surface area contributed by atoms with E-state index in [2.05, 4.69) is 27.3 Å². The van der Waals surface area contributed by atoms with Crippen molar-refractivity contribution in [1.29, 1.82) is 0 Å². The van der Waals surface area contributed by atoms with E-state index >= 15 is 0 Å². The molecular formula is C23H25FN4O2. The molecule has 0 bridgehead atoms. The molecule has 4 rings (SSSR count). The number of aryl methyl sites for hydroxylation is 1. The van der Waals surface area contributed by atoms with Crippen LogP contribution in [0.25, 0.3) is 11.4 Å². The Morgan fingerprint density at radius 3 is 2.70 bits per heavy atom. The molecule has 1 aliphatic rings. The molecule has 2 aromatic carbocycles. The minimum Gasteiger partial charge on any atom is -0.339 e. The average Bonchev–Trinajstić information content (AvgIpc) is 3.25. The van der Waals surface area contributed by atoms with Gasteiger partial charge in [-0.2, -0.15) is 4.98 Å². The van der Waals surface area contributed by atoms with E-state index in [1.54, 1.807) is 12.1 Å². The molecule has 1 aliphatic heterocycles. The smallest absolute Gasteiger partial charge is 0.238 e. The molecule has 6 nitrogen and oxygen atoms in total. The molecule has 0 saturated carbocycles. The zero-order valence-corrected chi connectivity index (χ0v) is 17.0. The monoisotopic (exact) mass is 408 g/mol. The fraction of sp³-hybridized carbons (Fsp3) is 0.348. The van der Waals surface area contributed by atoms with Crippen LogP contribution in [0.15, 0.2) is 53.1 Å². The maximum Gasteiger partial charge on any atom is 0.238 e. The molecule has 1 N–H and O–H groups in total. The van der Waals surface area contributed by atoms with Gasteiger partial charge in [0.05, 0.1) is 12.5 Å². The summed E-state index contributed by atoms with van der Waals surface area (Å²) < 4.78 is 18.6. The Hall–Kier alpha value is -3.06. The molecule has 3 aromatic rings. The van der Waals surface area contributed by atoms with Crippen molar-refractivity contribution in [3.05, 3.63) is 65.8 Å². The summed E-state index contributed by atoms with van der Waals surface area (Å²) in [4.78, 5) is 19.1. The average molecular weight is 408 g/mol. The van der Waals surface area contributed by atoms with Crippen LogP contribution in [0.3, 0.4) is 0 Å². The lowest BCUT2D eigenvalue weighted by Gasteiger charge is -2.30. The van der Waals surface area contributed by atoms with Gasteiger partial charge in [0.25, 0.3) is 0 Å². The maximum absolute atomic E-state index is 13.1. The molecule has 1 aromatic heterocycles. The van der Waals surface area contributed by atoms with Crippen molar-refractivity contribution in [3.63, 3.8) is 0 Å². The predicted octanol–water partition coefficient (Wildman–Crippen LogP) is 4.26. The number of hydrogen-bond acceptors (Lipinski definition) is 5. The van der Waals surface area contributed by atoms with Crippen molar-refractivity contribution in [2.45, 2.75) is 32.1 Å². The van der Waals surface area contributed by atoms with Crippen LogP contribution in [0.2, 0.25) is 0 Å². The van der Waals surface area contributed by atoms with Crippen LogP contribution in [0.1, 0.15) is 37.1 Å². The van der Waals surface area contributed by atoms with Crippen LogP contribution in [0.4, 0.5) is 10.1 Å². The van der Waals surface area contributed by atoms with E-state index in [1.165, 1.54) is 17.7 Å². The second kappa shape index (κ2) is 9.17. The summed E-state index contributed by atoms with van der Waals surface area (Å²) in [5.41, 5.74) is 2.77. The largest absolute Gasteiger partial charge is 0.339 e. The number of hydrogen-bond donors (Lipinski definition) is 1. The summed E-state index contributed by atoms with van der Waals surface area (Å²) in [5, 5.41) is 7.00. The first-order chi connectivity index (χ1) is 14.6. The van der Waals surface area contributed by atoms with Crippen LogP contribution in [-0.2, 0) is 11.2 Å².